The molecule has 2 aromatic heterocycles. The maximum Gasteiger partial charge on any atom is 0.407 e. The molecule has 1 aromatic carbocycles. The van der Waals surface area contributed by atoms with E-state index in [0.29, 0.717) is 19.5 Å². The van der Waals surface area contributed by atoms with Gasteiger partial charge in [-0.3, -0.25) is 14.6 Å². The fraction of sp³-hybridized carbons (Fsp3) is 0.538. The first-order chi connectivity index (χ1) is 25.5. The van der Waals surface area contributed by atoms with Crippen LogP contribution in [0.15, 0.2) is 41.5 Å². The first-order valence-electron chi connectivity index (χ1n) is 18.6. The highest BCUT2D eigenvalue weighted by atomic mass is 32.1. The molecule has 0 bridgehead atoms. The normalized spacial score (nSPS) is 17.9. The minimum atomic E-state index is -0.674. The Bertz CT molecular complexity index is 1870. The summed E-state index contributed by atoms with van der Waals surface area (Å²) in [6, 6.07) is 9.18. The van der Waals surface area contributed by atoms with Crippen LogP contribution in [0, 0.1) is 11.8 Å². The number of amides is 4. The summed E-state index contributed by atoms with van der Waals surface area (Å²) in [6.45, 7) is 8.92. The molecule has 3 aliphatic heterocycles. The Labute approximate surface area is 367 Å². The lowest BCUT2D eigenvalue weighted by Gasteiger charge is -2.30. The van der Waals surface area contributed by atoms with Gasteiger partial charge in [0.25, 0.3) is 0 Å². The molecule has 2 unspecified atom stereocenters. The molecule has 4 atom stereocenters. The van der Waals surface area contributed by atoms with E-state index in [2.05, 4.69) is 45.9 Å². The highest BCUT2D eigenvalue weighted by Crippen LogP contribution is 2.36. The van der Waals surface area contributed by atoms with Gasteiger partial charge in [-0.2, -0.15) is 54.0 Å². The van der Waals surface area contributed by atoms with Gasteiger partial charge in [-0.25, -0.2) is 14.6 Å². The molecule has 6 rings (SSSR count). The van der Waals surface area contributed by atoms with Crippen LogP contribution in [0.1, 0.15) is 81.2 Å². The minimum Gasteiger partial charge on any atom is -0.453 e. The average Bonchev–Trinajstić information content (AvgIpc) is 3.98. The summed E-state index contributed by atoms with van der Waals surface area (Å²) in [5.74, 6) is 0.368. The second kappa shape index (κ2) is 22.2. The second-order valence-corrected chi connectivity index (χ2v) is 16.0. The number of aromatic nitrogens is 2. The predicted molar refractivity (Wildman–Crippen MR) is 245 cm³/mol. The van der Waals surface area contributed by atoms with Crippen LogP contribution in [0.3, 0.4) is 0 Å². The number of rotatable bonds is 12. The zero-order chi connectivity index (χ0) is 37.8. The number of ether oxygens (including phenoxy) is 2. The molecule has 3 N–H and O–H groups in total. The third-order valence-corrected chi connectivity index (χ3v) is 11.7. The summed E-state index contributed by atoms with van der Waals surface area (Å²) in [6.07, 6.45) is 6.53. The first-order valence-corrected chi connectivity index (χ1v) is 19.4. The van der Waals surface area contributed by atoms with E-state index in [-0.39, 0.29) is 89.7 Å². The molecule has 5 heterocycles. The number of likely N-dealkylation sites (tertiary alicyclic amines) is 2. The van der Waals surface area contributed by atoms with Crippen molar-refractivity contribution in [3.63, 3.8) is 0 Å². The number of hydrogen-bond donors (Lipinski definition) is 3. The third-order valence-electron chi connectivity index (χ3n) is 10.5. The highest BCUT2D eigenvalue weighted by molar-refractivity contribution is 7.59. The molecule has 57 heavy (non-hydrogen) atoms. The number of nitrogens with one attached hydrogen (secondary N) is 3. The molecule has 13 nitrogen and oxygen atoms in total. The molecular formula is C39H59N7O6S5. The summed E-state index contributed by atoms with van der Waals surface area (Å²) < 4.78 is 9.53. The lowest BCUT2D eigenvalue weighted by atomic mass is 9.98. The molecule has 2 saturated heterocycles. The number of aryl methyl sites for hydroxylation is 2. The Morgan fingerprint density at radius 3 is 1.98 bits per heavy atom. The molecule has 0 spiro atoms. The number of benzene rings is 1. The Morgan fingerprint density at radius 2 is 1.40 bits per heavy atom. The van der Waals surface area contributed by atoms with Crippen molar-refractivity contribution < 1.29 is 28.7 Å². The fourth-order valence-corrected chi connectivity index (χ4v) is 8.60. The summed E-state index contributed by atoms with van der Waals surface area (Å²) in [5, 5.41) is 5.43. The maximum atomic E-state index is 13.6. The number of aromatic amines is 1. The zero-order valence-corrected chi connectivity index (χ0v) is 38.3. The van der Waals surface area contributed by atoms with Gasteiger partial charge in [-0.1, -0.05) is 39.8 Å². The van der Waals surface area contributed by atoms with Crippen LogP contribution in [0.5, 0.6) is 0 Å². The van der Waals surface area contributed by atoms with Crippen LogP contribution in [-0.2, 0) is 38.3 Å². The molecule has 3 aromatic rings. The Kier molecular flexibility index (Phi) is 19.4. The molecular weight excluding hydrogens is 823 g/mol. The van der Waals surface area contributed by atoms with E-state index < -0.39 is 24.3 Å². The van der Waals surface area contributed by atoms with Crippen molar-refractivity contribution in [2.45, 2.75) is 96.8 Å². The number of alkyl carbamates (subject to hydrolysis) is 2. The Morgan fingerprint density at radius 1 is 0.825 bits per heavy atom. The number of imidazole rings is 1. The topological polar surface area (TPSA) is 158 Å². The summed E-state index contributed by atoms with van der Waals surface area (Å²) in [4.78, 5) is 70.2. The van der Waals surface area contributed by atoms with Crippen molar-refractivity contribution >= 4 is 101 Å². The van der Waals surface area contributed by atoms with Gasteiger partial charge in [-0.05, 0) is 79.7 Å². The van der Waals surface area contributed by atoms with E-state index in [0.717, 1.165) is 66.3 Å². The standard InChI is InChI=1S/C39H51N7O6S.4H2S/c1-22(2)33(43-38(49)51-5)36(47)45-17-7-9-30(45)28-20-25-19-24(12-15-27(25)41-28)11-13-26-14-16-32(53-26)29-21-40-35(42-29)31-10-8-18-46(31)37(48)34(23(3)4)44-39(50)52-6;;;;/h12,14-16,19,21-23,30-31,33-34H,7-11,13,17-18,20H2,1-6H3,(H,40,42)(H,43,49)(H,44,50);4*1H2/t30-,31-,33?,34?;;;;/m0..../s1. The summed E-state index contributed by atoms with van der Waals surface area (Å²) in [7, 11) is 2.60. The fourth-order valence-electron chi connectivity index (χ4n) is 7.63. The van der Waals surface area contributed by atoms with Gasteiger partial charge >= 0.3 is 12.2 Å². The van der Waals surface area contributed by atoms with Gasteiger partial charge < -0.3 is 34.9 Å². The smallest absolute Gasteiger partial charge is 0.407 e. The molecule has 316 valence electrons. The van der Waals surface area contributed by atoms with Crippen LogP contribution < -0.4 is 10.6 Å². The molecule has 0 radical (unpaired) electrons. The van der Waals surface area contributed by atoms with Crippen LogP contribution in [-0.4, -0.2) is 94.9 Å². The van der Waals surface area contributed by atoms with E-state index in [4.69, 9.17) is 19.5 Å². The number of thiophene rings is 1. The molecule has 0 saturated carbocycles. The van der Waals surface area contributed by atoms with Crippen LogP contribution in [0.4, 0.5) is 15.3 Å². The van der Waals surface area contributed by atoms with Crippen molar-refractivity contribution in [2.75, 3.05) is 27.3 Å². The van der Waals surface area contributed by atoms with Crippen molar-refractivity contribution in [2.24, 2.45) is 16.8 Å². The second-order valence-electron chi connectivity index (χ2n) is 14.8. The maximum absolute atomic E-state index is 13.6. The van der Waals surface area contributed by atoms with Gasteiger partial charge in [0.1, 0.15) is 17.9 Å². The summed E-state index contributed by atoms with van der Waals surface area (Å²) >= 11 is 1.73. The minimum absolute atomic E-state index is 0. The van der Waals surface area contributed by atoms with Gasteiger partial charge in [0, 0.05) is 30.1 Å². The van der Waals surface area contributed by atoms with Gasteiger partial charge in [0.15, 0.2) is 0 Å². The lowest BCUT2D eigenvalue weighted by molar-refractivity contribution is -0.135. The van der Waals surface area contributed by atoms with Gasteiger partial charge in [0.2, 0.25) is 11.8 Å². The Hall–Kier alpha value is -3.32. The lowest BCUT2D eigenvalue weighted by Crippen LogP contribution is -2.53. The molecule has 3 aliphatic rings. The van der Waals surface area contributed by atoms with E-state index in [1.54, 1.807) is 11.3 Å². The van der Waals surface area contributed by atoms with Gasteiger partial charge in [0.05, 0.1) is 48.8 Å². The van der Waals surface area contributed by atoms with E-state index in [1.807, 2.05) is 43.7 Å². The molecule has 2 fully saturated rings. The number of carbonyl (C=O) groups is 4. The first kappa shape index (κ1) is 49.8. The summed E-state index contributed by atoms with van der Waals surface area (Å²) in [5.41, 5.74) is 5.32. The van der Waals surface area contributed by atoms with Crippen LogP contribution in [0.2, 0.25) is 0 Å². The van der Waals surface area contributed by atoms with Crippen molar-refractivity contribution in [3.05, 3.63) is 58.4 Å². The van der Waals surface area contributed by atoms with Crippen molar-refractivity contribution in [1.82, 2.24) is 30.4 Å². The van der Waals surface area contributed by atoms with Crippen LogP contribution >= 0.6 is 65.3 Å². The molecule has 0 aliphatic carbocycles. The Balaban J connectivity index is 0.00000280. The number of H-pyrrole nitrogens is 1. The molecule has 18 heteroatoms. The molecule has 4 amide bonds. The quantitative estimate of drug-likeness (QED) is 0.190. The highest BCUT2D eigenvalue weighted by Gasteiger charge is 2.40. The van der Waals surface area contributed by atoms with Gasteiger partial charge in [-0.15, -0.1) is 11.3 Å². The number of carbonyl (C=O) groups excluding carboxylic acids is 4. The average molecular weight is 882 g/mol. The van der Waals surface area contributed by atoms with Crippen molar-refractivity contribution in [1.29, 1.82) is 0 Å². The zero-order valence-electron chi connectivity index (χ0n) is 33.4. The third kappa shape index (κ3) is 11.5. The van der Waals surface area contributed by atoms with Crippen LogP contribution in [0.25, 0.3) is 10.6 Å². The van der Waals surface area contributed by atoms with Crippen molar-refractivity contribution in [3.8, 4) is 10.6 Å². The van der Waals surface area contributed by atoms with E-state index in [1.165, 1.54) is 30.2 Å². The number of methoxy groups -OCH3 is 2. The number of hydrogen-bond acceptors (Lipinski definition) is 9. The predicted octanol–water partition coefficient (Wildman–Crippen LogP) is 6.42. The SMILES string of the molecule is COC(=O)NC(C(=O)N1CCC[C@H]1C1=Nc2ccc(CCc3ccc(-c4cnc([C@@H]5CCCN5C(=O)C(NC(=O)OC)C(C)C)[nH]4)s3)cc2C1)C(C)C.S.S.S.S. The number of aliphatic imine (C=N–C) groups is 1. The monoisotopic (exact) mass is 881 g/mol. The number of nitrogens with zero attached hydrogens (tertiary/aromatic N) is 4. The van der Waals surface area contributed by atoms with E-state index >= 15 is 0 Å². The number of fused-ring (bicyclic) bond motifs is 1. The van der Waals surface area contributed by atoms with E-state index in [9.17, 15) is 19.2 Å². The largest absolute Gasteiger partial charge is 0.453 e.